The minimum Gasteiger partial charge on any atom is -0.394 e. The fourth-order valence-corrected chi connectivity index (χ4v) is 2.70. The number of carbonyl (C=O) groups excluding carboxylic acids is 1. The first kappa shape index (κ1) is 16.6. The van der Waals surface area contributed by atoms with E-state index in [4.69, 9.17) is 5.11 Å². The molecule has 0 radical (unpaired) electrons. The fraction of sp³-hybridized carbons (Fsp3) is 0.462. The third kappa shape index (κ3) is 4.03. The van der Waals surface area contributed by atoms with Crippen LogP contribution in [0.25, 0.3) is 0 Å². The number of hydrogen-bond acceptors (Lipinski definition) is 4. The molecule has 1 aromatic carbocycles. The van der Waals surface area contributed by atoms with Crippen LogP contribution in [0.1, 0.15) is 29.8 Å². The molecule has 20 heavy (non-hydrogen) atoms. The number of aliphatic hydroxyl groups is 1. The maximum Gasteiger partial charge on any atom is 0.251 e. The van der Waals surface area contributed by atoms with E-state index in [-0.39, 0.29) is 23.6 Å². The number of benzene rings is 1. The van der Waals surface area contributed by atoms with Gasteiger partial charge in [0.2, 0.25) is 10.0 Å². The van der Waals surface area contributed by atoms with Crippen molar-refractivity contribution in [1.29, 1.82) is 0 Å². The predicted molar refractivity (Wildman–Crippen MR) is 76.1 cm³/mol. The highest BCUT2D eigenvalue weighted by Gasteiger charge is 2.18. The maximum absolute atomic E-state index is 12.0. The van der Waals surface area contributed by atoms with E-state index in [1.807, 2.05) is 0 Å². The standard InChI is InChI=1S/C13H20N2O4S/c1-4-14-20(18,19)11-6-5-9(2)12(7-11)13(17)15-10(3)8-16/h5-7,10,14,16H,4,8H2,1-3H3,(H,15,17). The zero-order chi connectivity index (χ0) is 15.3. The molecule has 0 saturated carbocycles. The highest BCUT2D eigenvalue weighted by molar-refractivity contribution is 7.89. The van der Waals surface area contributed by atoms with Crippen molar-refractivity contribution in [3.05, 3.63) is 29.3 Å². The van der Waals surface area contributed by atoms with E-state index >= 15 is 0 Å². The topological polar surface area (TPSA) is 95.5 Å². The minimum atomic E-state index is -3.60. The van der Waals surface area contributed by atoms with Gasteiger partial charge in [-0.1, -0.05) is 13.0 Å². The number of amides is 1. The van der Waals surface area contributed by atoms with Crippen LogP contribution in [0.2, 0.25) is 0 Å². The third-order valence-corrected chi connectivity index (χ3v) is 4.29. The Morgan fingerprint density at radius 2 is 2.05 bits per heavy atom. The van der Waals surface area contributed by atoms with Crippen LogP contribution in [0.5, 0.6) is 0 Å². The van der Waals surface area contributed by atoms with Crippen molar-refractivity contribution in [1.82, 2.24) is 10.0 Å². The molecule has 0 heterocycles. The molecule has 0 saturated heterocycles. The molecule has 1 rings (SSSR count). The van der Waals surface area contributed by atoms with Crippen LogP contribution in [-0.4, -0.2) is 38.6 Å². The predicted octanol–water partition coefficient (Wildman–Crippen LogP) is 0.404. The summed E-state index contributed by atoms with van der Waals surface area (Å²) >= 11 is 0. The second-order valence-electron chi connectivity index (χ2n) is 4.54. The Balaban J connectivity index is 3.13. The van der Waals surface area contributed by atoms with Crippen molar-refractivity contribution in [2.75, 3.05) is 13.2 Å². The van der Waals surface area contributed by atoms with Crippen LogP contribution in [0.3, 0.4) is 0 Å². The van der Waals surface area contributed by atoms with Gasteiger partial charge in [-0.05, 0) is 31.5 Å². The normalized spacial score (nSPS) is 13.0. The molecule has 7 heteroatoms. The van der Waals surface area contributed by atoms with E-state index in [2.05, 4.69) is 10.0 Å². The lowest BCUT2D eigenvalue weighted by molar-refractivity contribution is 0.0921. The van der Waals surface area contributed by atoms with E-state index in [0.29, 0.717) is 5.56 Å². The van der Waals surface area contributed by atoms with Gasteiger partial charge in [0.05, 0.1) is 11.5 Å². The van der Waals surface area contributed by atoms with Gasteiger partial charge in [0.15, 0.2) is 0 Å². The summed E-state index contributed by atoms with van der Waals surface area (Å²) in [6.07, 6.45) is 0. The number of carbonyl (C=O) groups is 1. The van der Waals surface area contributed by atoms with Crippen molar-refractivity contribution in [3.8, 4) is 0 Å². The fourth-order valence-electron chi connectivity index (χ4n) is 1.63. The molecule has 0 fully saturated rings. The molecule has 0 aliphatic rings. The first-order valence-electron chi connectivity index (χ1n) is 6.33. The largest absolute Gasteiger partial charge is 0.394 e. The Bertz CT molecular complexity index is 584. The van der Waals surface area contributed by atoms with Crippen molar-refractivity contribution in [2.24, 2.45) is 0 Å². The van der Waals surface area contributed by atoms with E-state index in [1.54, 1.807) is 26.8 Å². The monoisotopic (exact) mass is 300 g/mol. The summed E-state index contributed by atoms with van der Waals surface area (Å²) in [4.78, 5) is 12.1. The summed E-state index contributed by atoms with van der Waals surface area (Å²) in [7, 11) is -3.60. The van der Waals surface area contributed by atoms with Gasteiger partial charge in [-0.3, -0.25) is 4.79 Å². The Morgan fingerprint density at radius 1 is 1.40 bits per heavy atom. The summed E-state index contributed by atoms with van der Waals surface area (Å²) in [6, 6.07) is 3.99. The van der Waals surface area contributed by atoms with E-state index in [9.17, 15) is 13.2 Å². The number of aryl methyl sites for hydroxylation is 1. The first-order valence-corrected chi connectivity index (χ1v) is 7.82. The van der Waals surface area contributed by atoms with Crippen LogP contribution in [0.15, 0.2) is 23.1 Å². The van der Waals surface area contributed by atoms with Crippen molar-refractivity contribution in [2.45, 2.75) is 31.7 Å². The van der Waals surface area contributed by atoms with Crippen LogP contribution < -0.4 is 10.0 Å². The van der Waals surface area contributed by atoms with Crippen LogP contribution in [-0.2, 0) is 10.0 Å². The maximum atomic E-state index is 12.0. The lowest BCUT2D eigenvalue weighted by Gasteiger charge is -2.13. The van der Waals surface area contributed by atoms with Gasteiger partial charge in [0.25, 0.3) is 5.91 Å². The van der Waals surface area contributed by atoms with Gasteiger partial charge in [-0.2, -0.15) is 0 Å². The summed E-state index contributed by atoms with van der Waals surface area (Å²) < 4.78 is 26.2. The molecule has 0 aromatic heterocycles. The van der Waals surface area contributed by atoms with E-state index < -0.39 is 22.0 Å². The number of aliphatic hydroxyl groups excluding tert-OH is 1. The zero-order valence-electron chi connectivity index (χ0n) is 11.8. The average molecular weight is 300 g/mol. The highest BCUT2D eigenvalue weighted by Crippen LogP contribution is 2.15. The Labute approximate surface area is 119 Å². The number of nitrogens with one attached hydrogen (secondary N) is 2. The summed E-state index contributed by atoms with van der Waals surface area (Å²) in [5.41, 5.74) is 0.951. The van der Waals surface area contributed by atoms with Crippen LogP contribution in [0, 0.1) is 6.92 Å². The Kier molecular flexibility index (Phi) is 5.67. The highest BCUT2D eigenvalue weighted by atomic mass is 32.2. The minimum absolute atomic E-state index is 0.0479. The van der Waals surface area contributed by atoms with E-state index in [1.165, 1.54) is 12.1 Å². The summed E-state index contributed by atoms with van der Waals surface area (Å²) in [6.45, 7) is 5.16. The molecular weight excluding hydrogens is 280 g/mol. The zero-order valence-corrected chi connectivity index (χ0v) is 12.6. The third-order valence-electron chi connectivity index (χ3n) is 2.75. The molecule has 1 aromatic rings. The molecule has 1 unspecified atom stereocenters. The van der Waals surface area contributed by atoms with Gasteiger partial charge in [0.1, 0.15) is 0 Å². The quantitative estimate of drug-likeness (QED) is 0.709. The van der Waals surface area contributed by atoms with Gasteiger partial charge >= 0.3 is 0 Å². The van der Waals surface area contributed by atoms with Crippen LogP contribution in [0.4, 0.5) is 0 Å². The molecule has 1 amide bonds. The van der Waals surface area contributed by atoms with Crippen molar-refractivity contribution in [3.63, 3.8) is 0 Å². The van der Waals surface area contributed by atoms with Crippen LogP contribution >= 0.6 is 0 Å². The van der Waals surface area contributed by atoms with Gasteiger partial charge in [-0.25, -0.2) is 13.1 Å². The average Bonchev–Trinajstić information content (AvgIpc) is 2.38. The SMILES string of the molecule is CCNS(=O)(=O)c1ccc(C)c(C(=O)NC(C)CO)c1. The molecule has 0 aliphatic carbocycles. The molecule has 0 aliphatic heterocycles. The van der Waals surface area contributed by atoms with Gasteiger partial charge in [-0.15, -0.1) is 0 Å². The molecular formula is C13H20N2O4S. The van der Waals surface area contributed by atoms with Crippen molar-refractivity contribution < 1.29 is 18.3 Å². The van der Waals surface area contributed by atoms with Gasteiger partial charge < -0.3 is 10.4 Å². The summed E-state index contributed by atoms with van der Waals surface area (Å²) in [5.74, 6) is -0.405. The molecule has 0 bridgehead atoms. The van der Waals surface area contributed by atoms with Crippen molar-refractivity contribution >= 4 is 15.9 Å². The number of rotatable bonds is 6. The lowest BCUT2D eigenvalue weighted by Crippen LogP contribution is -2.35. The lowest BCUT2D eigenvalue weighted by atomic mass is 10.1. The Hall–Kier alpha value is -1.44. The second kappa shape index (κ2) is 6.83. The number of hydrogen-bond donors (Lipinski definition) is 3. The summed E-state index contributed by atoms with van der Waals surface area (Å²) in [5, 5.41) is 11.5. The number of sulfonamides is 1. The molecule has 6 nitrogen and oxygen atoms in total. The molecule has 112 valence electrons. The van der Waals surface area contributed by atoms with Gasteiger partial charge in [0, 0.05) is 18.2 Å². The smallest absolute Gasteiger partial charge is 0.251 e. The molecule has 0 spiro atoms. The Morgan fingerprint density at radius 3 is 2.60 bits per heavy atom. The first-order chi connectivity index (χ1) is 9.31. The van der Waals surface area contributed by atoms with E-state index in [0.717, 1.165) is 0 Å². The molecule has 3 N–H and O–H groups in total. The second-order valence-corrected chi connectivity index (χ2v) is 6.30. The molecule has 1 atom stereocenters.